The number of nitrogens with zero attached hydrogens (tertiary/aromatic N) is 6. The number of aromatic nitrogens is 5. The average molecular weight is 504 g/mol. The van der Waals surface area contributed by atoms with Crippen molar-refractivity contribution in [1.29, 1.82) is 0 Å². The second-order valence-electron chi connectivity index (χ2n) is 9.19. The number of pyridine rings is 1. The minimum Gasteiger partial charge on any atom is -0.494 e. The first-order valence-corrected chi connectivity index (χ1v) is 12.7. The normalized spacial score (nSPS) is 15.7. The fraction of sp³-hybridized carbons (Fsp3) is 0.407. The Balaban J connectivity index is 1.48. The molecule has 2 aromatic heterocycles. The molecule has 37 heavy (non-hydrogen) atoms. The van der Waals surface area contributed by atoms with Crippen LogP contribution in [0, 0.1) is 0 Å². The van der Waals surface area contributed by atoms with Gasteiger partial charge in [-0.25, -0.2) is 4.68 Å². The van der Waals surface area contributed by atoms with Gasteiger partial charge >= 0.3 is 0 Å². The summed E-state index contributed by atoms with van der Waals surface area (Å²) in [5, 5.41) is 13.5. The summed E-state index contributed by atoms with van der Waals surface area (Å²) in [5.74, 6) is 1.41. The van der Waals surface area contributed by atoms with Gasteiger partial charge < -0.3 is 14.5 Å². The maximum Gasteiger partial charge on any atom is 0.253 e. The number of hydrogen-bond donors (Lipinski definition) is 1. The highest BCUT2D eigenvalue weighted by Crippen LogP contribution is 2.29. The molecular weight excluding hydrogens is 470 g/mol. The third kappa shape index (κ3) is 5.71. The number of benzene rings is 2. The zero-order valence-electron chi connectivity index (χ0n) is 21.3. The fourth-order valence-corrected chi connectivity index (χ4v) is 4.93. The van der Waals surface area contributed by atoms with Crippen molar-refractivity contribution in [2.75, 3.05) is 46.5 Å². The first-order valence-electron chi connectivity index (χ1n) is 12.7. The Bertz CT molecular complexity index is 1360. The van der Waals surface area contributed by atoms with E-state index in [1.807, 2.05) is 37.3 Å². The summed E-state index contributed by atoms with van der Waals surface area (Å²) in [4.78, 5) is 21.2. The van der Waals surface area contributed by atoms with Gasteiger partial charge in [0.25, 0.3) is 5.56 Å². The minimum atomic E-state index is -0.394. The molecule has 1 aliphatic heterocycles. The summed E-state index contributed by atoms with van der Waals surface area (Å²) in [6.45, 7) is 7.74. The Morgan fingerprint density at radius 1 is 1.05 bits per heavy atom. The van der Waals surface area contributed by atoms with Crippen molar-refractivity contribution < 1.29 is 9.47 Å². The number of fused-ring (bicyclic) bond motifs is 1. The molecule has 0 amide bonds. The molecule has 0 unspecified atom stereocenters. The highest BCUT2D eigenvalue weighted by Gasteiger charge is 2.32. The van der Waals surface area contributed by atoms with E-state index in [9.17, 15) is 4.79 Å². The van der Waals surface area contributed by atoms with E-state index in [0.29, 0.717) is 31.1 Å². The molecule has 1 atom stereocenters. The first-order chi connectivity index (χ1) is 18.2. The molecule has 0 saturated carbocycles. The van der Waals surface area contributed by atoms with E-state index in [-0.39, 0.29) is 5.56 Å². The molecule has 194 valence electrons. The molecule has 0 spiro atoms. The van der Waals surface area contributed by atoms with Gasteiger partial charge in [-0.1, -0.05) is 30.3 Å². The largest absolute Gasteiger partial charge is 0.494 e. The van der Waals surface area contributed by atoms with Gasteiger partial charge in [0.1, 0.15) is 11.8 Å². The summed E-state index contributed by atoms with van der Waals surface area (Å²) in [6, 6.07) is 17.8. The predicted octanol–water partition coefficient (Wildman–Crippen LogP) is 2.47. The topological polar surface area (TPSA) is 101 Å². The summed E-state index contributed by atoms with van der Waals surface area (Å²) >= 11 is 0. The van der Waals surface area contributed by atoms with Crippen LogP contribution in [0.5, 0.6) is 5.75 Å². The molecule has 2 aromatic carbocycles. The number of nitrogens with one attached hydrogen (secondary N) is 1. The Kier molecular flexibility index (Phi) is 7.88. The highest BCUT2D eigenvalue weighted by atomic mass is 16.5. The number of aromatic amines is 1. The molecule has 0 aliphatic carbocycles. The lowest BCUT2D eigenvalue weighted by Crippen LogP contribution is -2.48. The third-order valence-corrected chi connectivity index (χ3v) is 6.78. The fourth-order valence-electron chi connectivity index (χ4n) is 4.93. The van der Waals surface area contributed by atoms with E-state index in [4.69, 9.17) is 9.47 Å². The van der Waals surface area contributed by atoms with Crippen LogP contribution < -0.4 is 10.3 Å². The molecule has 5 rings (SSSR count). The predicted molar refractivity (Wildman–Crippen MR) is 141 cm³/mol. The van der Waals surface area contributed by atoms with Gasteiger partial charge in [0.05, 0.1) is 19.8 Å². The van der Waals surface area contributed by atoms with Crippen molar-refractivity contribution in [2.24, 2.45) is 0 Å². The van der Waals surface area contributed by atoms with Gasteiger partial charge in [0.15, 0.2) is 5.82 Å². The second-order valence-corrected chi connectivity index (χ2v) is 9.19. The maximum atomic E-state index is 13.4. The number of hydrogen-bond acceptors (Lipinski definition) is 8. The van der Waals surface area contributed by atoms with Gasteiger partial charge in [-0.2, -0.15) is 0 Å². The smallest absolute Gasteiger partial charge is 0.253 e. The highest BCUT2D eigenvalue weighted by molar-refractivity contribution is 5.80. The molecule has 0 radical (unpaired) electrons. The van der Waals surface area contributed by atoms with E-state index >= 15 is 0 Å². The molecule has 1 saturated heterocycles. The summed E-state index contributed by atoms with van der Waals surface area (Å²) in [7, 11) is 1.65. The molecular formula is C27H33N7O3. The van der Waals surface area contributed by atoms with E-state index in [1.165, 1.54) is 5.56 Å². The number of methoxy groups -OCH3 is 1. The standard InChI is InChI=1S/C27H33N7O3/c1-3-37-22-9-10-24-21(17-22)18-23(27(35)28-24)25(26-29-30-31-34(26)15-16-36-2)33-13-11-32(12-14-33)19-20-7-5-4-6-8-20/h4-10,17-18,25H,3,11-16,19H2,1-2H3,(H,28,35)/t25-/m0/s1. The van der Waals surface area contributed by atoms with Gasteiger partial charge in [-0.15, -0.1) is 5.10 Å². The molecule has 0 bridgehead atoms. The molecule has 1 aliphatic rings. The summed E-state index contributed by atoms with van der Waals surface area (Å²) in [6.07, 6.45) is 0. The summed E-state index contributed by atoms with van der Waals surface area (Å²) in [5.41, 5.74) is 2.54. The SMILES string of the molecule is CCOc1ccc2[nH]c(=O)c([C@@H](c3nnnn3CCOC)N3CCN(Cc4ccccc4)CC3)cc2c1. The van der Waals surface area contributed by atoms with Gasteiger partial charge in [-0.05, 0) is 47.2 Å². The van der Waals surface area contributed by atoms with E-state index in [1.54, 1.807) is 11.8 Å². The Morgan fingerprint density at radius 2 is 1.86 bits per heavy atom. The quantitative estimate of drug-likeness (QED) is 0.352. The molecule has 1 fully saturated rings. The number of piperazine rings is 1. The third-order valence-electron chi connectivity index (χ3n) is 6.78. The van der Waals surface area contributed by atoms with Crippen LogP contribution in [0.15, 0.2) is 59.4 Å². The van der Waals surface area contributed by atoms with Crippen LogP contribution in [0.2, 0.25) is 0 Å². The number of H-pyrrole nitrogens is 1. The average Bonchev–Trinajstić information content (AvgIpc) is 3.38. The van der Waals surface area contributed by atoms with Gasteiger partial charge in [0.2, 0.25) is 0 Å². The van der Waals surface area contributed by atoms with Gasteiger partial charge in [-0.3, -0.25) is 14.6 Å². The van der Waals surface area contributed by atoms with Crippen molar-refractivity contribution in [2.45, 2.75) is 26.1 Å². The van der Waals surface area contributed by atoms with Crippen molar-refractivity contribution in [3.8, 4) is 5.75 Å². The van der Waals surface area contributed by atoms with E-state index < -0.39 is 6.04 Å². The zero-order chi connectivity index (χ0) is 25.6. The van der Waals surface area contributed by atoms with Crippen molar-refractivity contribution >= 4 is 10.9 Å². The Hall–Kier alpha value is -3.60. The van der Waals surface area contributed by atoms with Crippen LogP contribution in [-0.4, -0.2) is 81.5 Å². The number of rotatable bonds is 10. The van der Waals surface area contributed by atoms with E-state index in [0.717, 1.165) is 49.4 Å². The van der Waals surface area contributed by atoms with Crippen LogP contribution in [-0.2, 0) is 17.8 Å². The lowest BCUT2D eigenvalue weighted by molar-refractivity contribution is 0.0984. The van der Waals surface area contributed by atoms with Gasteiger partial charge in [0, 0.05) is 56.3 Å². The van der Waals surface area contributed by atoms with Crippen molar-refractivity contribution in [3.63, 3.8) is 0 Å². The second kappa shape index (κ2) is 11.6. The minimum absolute atomic E-state index is 0.144. The lowest BCUT2D eigenvalue weighted by atomic mass is 10.0. The molecule has 10 nitrogen and oxygen atoms in total. The summed E-state index contributed by atoms with van der Waals surface area (Å²) < 4.78 is 12.7. The van der Waals surface area contributed by atoms with Crippen LogP contribution in [0.25, 0.3) is 10.9 Å². The number of tetrazole rings is 1. The molecule has 1 N–H and O–H groups in total. The van der Waals surface area contributed by atoms with Crippen molar-refractivity contribution in [1.82, 2.24) is 35.0 Å². The first kappa shape index (κ1) is 25.1. The monoisotopic (exact) mass is 503 g/mol. The Labute approximate surface area is 215 Å². The van der Waals surface area contributed by atoms with Crippen LogP contribution >= 0.6 is 0 Å². The number of ether oxygens (including phenoxy) is 2. The molecule has 4 aromatic rings. The lowest BCUT2D eigenvalue weighted by Gasteiger charge is -2.38. The van der Waals surface area contributed by atoms with Crippen molar-refractivity contribution in [3.05, 3.63) is 81.9 Å². The molecule has 10 heteroatoms. The van der Waals surface area contributed by atoms with E-state index in [2.05, 4.69) is 54.6 Å². The Morgan fingerprint density at radius 3 is 2.62 bits per heavy atom. The molecule has 3 heterocycles. The zero-order valence-corrected chi connectivity index (χ0v) is 21.3. The van der Waals surface area contributed by atoms with Crippen LogP contribution in [0.1, 0.15) is 29.9 Å². The van der Waals surface area contributed by atoms with Crippen LogP contribution in [0.3, 0.4) is 0 Å². The maximum absolute atomic E-state index is 13.4. The van der Waals surface area contributed by atoms with Crippen LogP contribution in [0.4, 0.5) is 0 Å².